The van der Waals surface area contributed by atoms with E-state index >= 15 is 0 Å². The highest BCUT2D eigenvalue weighted by atomic mass is 35.5. The molecular weight excluding hydrogens is 296 g/mol. The predicted molar refractivity (Wildman–Crippen MR) is 84.1 cm³/mol. The summed E-state index contributed by atoms with van der Waals surface area (Å²) in [5.41, 5.74) is 1.74. The van der Waals surface area contributed by atoms with Gasteiger partial charge in [0.05, 0.1) is 21.8 Å². The van der Waals surface area contributed by atoms with Gasteiger partial charge in [0.1, 0.15) is 5.82 Å². The standard InChI is InChI=1S/C16H16Cl2FN/c1-2-6-15(11-7-4-3-5-8-11)20-16-13(17)9-12(19)10-14(16)18/h3-5,7-10,15,20H,2,6H2,1H3. The van der Waals surface area contributed by atoms with Gasteiger partial charge in [-0.1, -0.05) is 66.9 Å². The molecule has 0 aromatic heterocycles. The summed E-state index contributed by atoms with van der Waals surface area (Å²) in [6.07, 6.45) is 1.96. The van der Waals surface area contributed by atoms with E-state index in [-0.39, 0.29) is 6.04 Å². The van der Waals surface area contributed by atoms with Crippen molar-refractivity contribution in [3.05, 3.63) is 63.9 Å². The van der Waals surface area contributed by atoms with E-state index in [4.69, 9.17) is 23.2 Å². The number of hydrogen-bond donors (Lipinski definition) is 1. The van der Waals surface area contributed by atoms with Gasteiger partial charge in [-0.05, 0) is 24.1 Å². The van der Waals surface area contributed by atoms with Crippen LogP contribution in [0.5, 0.6) is 0 Å². The first-order chi connectivity index (χ1) is 9.61. The molecule has 1 atom stereocenters. The van der Waals surface area contributed by atoms with Crippen LogP contribution in [0.1, 0.15) is 31.4 Å². The molecule has 4 heteroatoms. The second-order valence-corrected chi connectivity index (χ2v) is 5.46. The molecule has 0 amide bonds. The third-order valence-electron chi connectivity index (χ3n) is 3.10. The van der Waals surface area contributed by atoms with Crippen molar-refractivity contribution in [3.63, 3.8) is 0 Å². The van der Waals surface area contributed by atoms with E-state index < -0.39 is 5.82 Å². The van der Waals surface area contributed by atoms with E-state index in [0.29, 0.717) is 15.7 Å². The van der Waals surface area contributed by atoms with Crippen LogP contribution in [-0.4, -0.2) is 0 Å². The highest BCUT2D eigenvalue weighted by Crippen LogP contribution is 2.35. The molecule has 0 aliphatic heterocycles. The molecule has 0 aliphatic carbocycles. The maximum atomic E-state index is 13.2. The average molecular weight is 312 g/mol. The SMILES string of the molecule is CCCC(Nc1c(Cl)cc(F)cc1Cl)c1ccccc1. The highest BCUT2D eigenvalue weighted by molar-refractivity contribution is 6.39. The second-order valence-electron chi connectivity index (χ2n) is 4.64. The van der Waals surface area contributed by atoms with Gasteiger partial charge in [0.15, 0.2) is 0 Å². The van der Waals surface area contributed by atoms with E-state index in [2.05, 4.69) is 24.4 Å². The summed E-state index contributed by atoms with van der Waals surface area (Å²) in [6.45, 7) is 2.12. The molecule has 1 unspecified atom stereocenters. The van der Waals surface area contributed by atoms with Crippen molar-refractivity contribution in [3.8, 4) is 0 Å². The van der Waals surface area contributed by atoms with Crippen LogP contribution in [0.25, 0.3) is 0 Å². The van der Waals surface area contributed by atoms with E-state index in [1.165, 1.54) is 12.1 Å². The Morgan fingerprint density at radius 3 is 2.25 bits per heavy atom. The Morgan fingerprint density at radius 1 is 1.10 bits per heavy atom. The lowest BCUT2D eigenvalue weighted by atomic mass is 10.0. The van der Waals surface area contributed by atoms with Crippen LogP contribution >= 0.6 is 23.2 Å². The lowest BCUT2D eigenvalue weighted by molar-refractivity contribution is 0.627. The molecule has 0 fully saturated rings. The Morgan fingerprint density at radius 2 is 1.70 bits per heavy atom. The molecule has 0 saturated heterocycles. The fraction of sp³-hybridized carbons (Fsp3) is 0.250. The van der Waals surface area contributed by atoms with Crippen LogP contribution < -0.4 is 5.32 Å². The highest BCUT2D eigenvalue weighted by Gasteiger charge is 2.15. The van der Waals surface area contributed by atoms with Gasteiger partial charge in [0.25, 0.3) is 0 Å². The monoisotopic (exact) mass is 311 g/mol. The lowest BCUT2D eigenvalue weighted by Crippen LogP contribution is -2.11. The Labute approximate surface area is 128 Å². The van der Waals surface area contributed by atoms with Gasteiger partial charge in [-0.25, -0.2) is 4.39 Å². The fourth-order valence-electron chi connectivity index (χ4n) is 2.15. The van der Waals surface area contributed by atoms with Gasteiger partial charge >= 0.3 is 0 Å². The summed E-state index contributed by atoms with van der Waals surface area (Å²) < 4.78 is 13.2. The third-order valence-corrected chi connectivity index (χ3v) is 3.70. The van der Waals surface area contributed by atoms with E-state index in [1.807, 2.05) is 18.2 Å². The number of benzene rings is 2. The smallest absolute Gasteiger partial charge is 0.126 e. The fourth-order valence-corrected chi connectivity index (χ4v) is 2.72. The molecule has 1 N–H and O–H groups in total. The largest absolute Gasteiger partial charge is 0.376 e. The van der Waals surface area contributed by atoms with Gasteiger partial charge in [0, 0.05) is 0 Å². The molecule has 1 nitrogen and oxygen atoms in total. The average Bonchev–Trinajstić information content (AvgIpc) is 2.42. The van der Waals surface area contributed by atoms with Crippen LogP contribution in [0, 0.1) is 5.82 Å². The molecule has 0 saturated carbocycles. The van der Waals surface area contributed by atoms with Crippen molar-refractivity contribution in [1.82, 2.24) is 0 Å². The molecule has 106 valence electrons. The van der Waals surface area contributed by atoms with Gasteiger partial charge < -0.3 is 5.32 Å². The first-order valence-corrected chi connectivity index (χ1v) is 7.33. The molecule has 0 bridgehead atoms. The topological polar surface area (TPSA) is 12.0 Å². The molecule has 0 heterocycles. The van der Waals surface area contributed by atoms with E-state index in [1.54, 1.807) is 0 Å². The Bertz CT molecular complexity index is 549. The summed E-state index contributed by atoms with van der Waals surface area (Å²) in [7, 11) is 0. The summed E-state index contributed by atoms with van der Waals surface area (Å²) in [4.78, 5) is 0. The maximum Gasteiger partial charge on any atom is 0.126 e. The molecule has 20 heavy (non-hydrogen) atoms. The molecule has 2 aromatic carbocycles. The van der Waals surface area contributed by atoms with Gasteiger partial charge in [-0.2, -0.15) is 0 Å². The molecule has 0 radical (unpaired) electrons. The molecular formula is C16H16Cl2FN. The number of rotatable bonds is 5. The molecule has 2 rings (SSSR count). The Balaban J connectivity index is 2.30. The van der Waals surface area contributed by atoms with Crippen LogP contribution in [0.15, 0.2) is 42.5 Å². The van der Waals surface area contributed by atoms with Gasteiger partial charge in [-0.15, -0.1) is 0 Å². The van der Waals surface area contributed by atoms with Crippen molar-refractivity contribution >= 4 is 28.9 Å². The zero-order valence-electron chi connectivity index (χ0n) is 11.2. The summed E-state index contributed by atoms with van der Waals surface area (Å²) in [5.74, 6) is -0.433. The minimum absolute atomic E-state index is 0.0988. The van der Waals surface area contributed by atoms with Crippen molar-refractivity contribution < 1.29 is 4.39 Å². The van der Waals surface area contributed by atoms with Crippen molar-refractivity contribution in [2.24, 2.45) is 0 Å². The zero-order chi connectivity index (χ0) is 14.5. The van der Waals surface area contributed by atoms with Crippen molar-refractivity contribution in [2.45, 2.75) is 25.8 Å². The van der Waals surface area contributed by atoms with Crippen molar-refractivity contribution in [1.29, 1.82) is 0 Å². The lowest BCUT2D eigenvalue weighted by Gasteiger charge is -2.21. The number of nitrogens with one attached hydrogen (secondary N) is 1. The quantitative estimate of drug-likeness (QED) is 0.705. The molecule has 0 aliphatic rings. The van der Waals surface area contributed by atoms with Gasteiger partial charge in [-0.3, -0.25) is 0 Å². The first kappa shape index (κ1) is 15.1. The molecule has 2 aromatic rings. The summed E-state index contributed by atoms with van der Waals surface area (Å²) in [6, 6.07) is 12.7. The third kappa shape index (κ3) is 3.65. The Kier molecular flexibility index (Phi) is 5.27. The van der Waals surface area contributed by atoms with Gasteiger partial charge in [0.2, 0.25) is 0 Å². The van der Waals surface area contributed by atoms with Crippen LogP contribution in [0.4, 0.5) is 10.1 Å². The minimum atomic E-state index is -0.433. The van der Waals surface area contributed by atoms with E-state index in [9.17, 15) is 4.39 Å². The second kappa shape index (κ2) is 6.96. The first-order valence-electron chi connectivity index (χ1n) is 6.58. The van der Waals surface area contributed by atoms with Crippen LogP contribution in [0.2, 0.25) is 10.0 Å². The molecule has 0 spiro atoms. The van der Waals surface area contributed by atoms with Crippen molar-refractivity contribution in [2.75, 3.05) is 5.32 Å². The Hall–Kier alpha value is -1.25. The van der Waals surface area contributed by atoms with Crippen LogP contribution in [0.3, 0.4) is 0 Å². The zero-order valence-corrected chi connectivity index (χ0v) is 12.7. The predicted octanol–water partition coefficient (Wildman–Crippen LogP) is 6.09. The summed E-state index contributed by atoms with van der Waals surface area (Å²) in [5, 5.41) is 3.93. The number of hydrogen-bond acceptors (Lipinski definition) is 1. The minimum Gasteiger partial charge on any atom is -0.376 e. The number of halogens is 3. The summed E-state index contributed by atoms with van der Waals surface area (Å²) >= 11 is 12.2. The number of anilines is 1. The van der Waals surface area contributed by atoms with Crippen LogP contribution in [-0.2, 0) is 0 Å². The normalized spacial score (nSPS) is 12.2. The van der Waals surface area contributed by atoms with E-state index in [0.717, 1.165) is 18.4 Å². The maximum absolute atomic E-state index is 13.2.